The van der Waals surface area contributed by atoms with Crippen LogP contribution in [0.2, 0.25) is 0 Å². The summed E-state index contributed by atoms with van der Waals surface area (Å²) >= 11 is 0. The van der Waals surface area contributed by atoms with Gasteiger partial charge in [-0.25, -0.2) is 0 Å². The molecule has 0 amide bonds. The van der Waals surface area contributed by atoms with E-state index in [9.17, 15) is 5.11 Å². The van der Waals surface area contributed by atoms with Gasteiger partial charge in [0, 0.05) is 18.3 Å². The number of hydrogen-bond donors (Lipinski definition) is 1. The van der Waals surface area contributed by atoms with Crippen LogP contribution in [0.1, 0.15) is 32.9 Å². The SMILES string of the molecule is CCC(O)(Cc1ccccn1)C(C)C. The molecule has 0 saturated heterocycles. The fraction of sp³-hybridized carbons (Fsp3) is 0.583. The van der Waals surface area contributed by atoms with E-state index in [4.69, 9.17) is 0 Å². The Morgan fingerprint density at radius 3 is 2.57 bits per heavy atom. The summed E-state index contributed by atoms with van der Waals surface area (Å²) in [7, 11) is 0. The first kappa shape index (κ1) is 11.2. The van der Waals surface area contributed by atoms with Crippen molar-refractivity contribution in [3.05, 3.63) is 30.1 Å². The molecule has 14 heavy (non-hydrogen) atoms. The number of hydrogen-bond acceptors (Lipinski definition) is 2. The van der Waals surface area contributed by atoms with Crippen LogP contribution in [-0.2, 0) is 6.42 Å². The Labute approximate surface area is 86.0 Å². The number of pyridine rings is 1. The van der Waals surface area contributed by atoms with E-state index in [2.05, 4.69) is 4.98 Å². The molecule has 0 aromatic carbocycles. The Hall–Kier alpha value is -0.890. The molecule has 2 heteroatoms. The fourth-order valence-corrected chi connectivity index (χ4v) is 1.55. The molecule has 78 valence electrons. The van der Waals surface area contributed by atoms with Crippen molar-refractivity contribution < 1.29 is 5.11 Å². The van der Waals surface area contributed by atoms with Crippen molar-refractivity contribution in [1.82, 2.24) is 4.98 Å². The third kappa shape index (κ3) is 2.55. The van der Waals surface area contributed by atoms with Gasteiger partial charge in [-0.05, 0) is 24.5 Å². The molecular formula is C12H19NO. The summed E-state index contributed by atoms with van der Waals surface area (Å²) in [5, 5.41) is 10.3. The van der Waals surface area contributed by atoms with Crippen molar-refractivity contribution in [2.75, 3.05) is 0 Å². The largest absolute Gasteiger partial charge is 0.389 e. The molecule has 1 aromatic heterocycles. The number of rotatable bonds is 4. The van der Waals surface area contributed by atoms with Crippen LogP contribution in [0.25, 0.3) is 0 Å². The monoisotopic (exact) mass is 193 g/mol. The molecule has 1 aromatic rings. The van der Waals surface area contributed by atoms with Gasteiger partial charge in [0.2, 0.25) is 0 Å². The minimum atomic E-state index is -0.617. The smallest absolute Gasteiger partial charge is 0.0723 e. The summed E-state index contributed by atoms with van der Waals surface area (Å²) < 4.78 is 0. The maximum atomic E-state index is 10.3. The van der Waals surface area contributed by atoms with E-state index in [0.29, 0.717) is 6.42 Å². The van der Waals surface area contributed by atoms with Gasteiger partial charge >= 0.3 is 0 Å². The summed E-state index contributed by atoms with van der Waals surface area (Å²) in [6, 6.07) is 5.81. The molecular weight excluding hydrogens is 174 g/mol. The average molecular weight is 193 g/mol. The third-order valence-corrected chi connectivity index (χ3v) is 2.90. The normalized spacial score (nSPS) is 15.5. The molecule has 2 nitrogen and oxygen atoms in total. The van der Waals surface area contributed by atoms with Gasteiger partial charge in [0.15, 0.2) is 0 Å². The standard InChI is InChI=1S/C12H19NO/c1-4-12(14,10(2)3)9-11-7-5-6-8-13-11/h5-8,10,14H,4,9H2,1-3H3. The predicted molar refractivity (Wildman–Crippen MR) is 58.0 cm³/mol. The first-order valence-electron chi connectivity index (χ1n) is 5.21. The third-order valence-electron chi connectivity index (χ3n) is 2.90. The highest BCUT2D eigenvalue weighted by molar-refractivity contribution is 5.07. The minimum Gasteiger partial charge on any atom is -0.389 e. The number of nitrogens with zero attached hydrogens (tertiary/aromatic N) is 1. The van der Waals surface area contributed by atoms with E-state index in [1.54, 1.807) is 6.20 Å². The van der Waals surface area contributed by atoms with Crippen LogP contribution in [0.3, 0.4) is 0 Å². The van der Waals surface area contributed by atoms with Gasteiger partial charge in [-0.15, -0.1) is 0 Å². The van der Waals surface area contributed by atoms with E-state index in [-0.39, 0.29) is 5.92 Å². The van der Waals surface area contributed by atoms with E-state index in [1.165, 1.54) is 0 Å². The zero-order valence-corrected chi connectivity index (χ0v) is 9.20. The Kier molecular flexibility index (Phi) is 3.64. The molecule has 1 rings (SSSR count). The van der Waals surface area contributed by atoms with E-state index >= 15 is 0 Å². The average Bonchev–Trinajstić information content (AvgIpc) is 2.19. The topological polar surface area (TPSA) is 33.1 Å². The summed E-state index contributed by atoms with van der Waals surface area (Å²) in [5.74, 6) is 0.259. The Morgan fingerprint density at radius 1 is 1.43 bits per heavy atom. The second kappa shape index (κ2) is 4.56. The predicted octanol–water partition coefficient (Wildman–Crippen LogP) is 2.42. The molecule has 0 bridgehead atoms. The lowest BCUT2D eigenvalue weighted by Gasteiger charge is -2.30. The highest BCUT2D eigenvalue weighted by Gasteiger charge is 2.29. The lowest BCUT2D eigenvalue weighted by atomic mass is 9.83. The second-order valence-corrected chi connectivity index (χ2v) is 4.11. The summed E-state index contributed by atoms with van der Waals surface area (Å²) in [5.41, 5.74) is 0.347. The minimum absolute atomic E-state index is 0.259. The van der Waals surface area contributed by atoms with Crippen molar-refractivity contribution in [3.63, 3.8) is 0 Å². The van der Waals surface area contributed by atoms with Gasteiger partial charge < -0.3 is 5.11 Å². The van der Waals surface area contributed by atoms with Crippen LogP contribution in [0.4, 0.5) is 0 Å². The Morgan fingerprint density at radius 2 is 2.14 bits per heavy atom. The van der Waals surface area contributed by atoms with E-state index < -0.39 is 5.60 Å². The van der Waals surface area contributed by atoms with Crippen LogP contribution in [-0.4, -0.2) is 15.7 Å². The lowest BCUT2D eigenvalue weighted by Crippen LogP contribution is -2.36. The molecule has 1 atom stereocenters. The van der Waals surface area contributed by atoms with Crippen LogP contribution in [0, 0.1) is 5.92 Å². The summed E-state index contributed by atoms with van der Waals surface area (Å²) in [6.45, 7) is 6.11. The van der Waals surface area contributed by atoms with Crippen LogP contribution >= 0.6 is 0 Å². The summed E-state index contributed by atoms with van der Waals surface area (Å²) in [4.78, 5) is 4.23. The number of aliphatic hydroxyl groups is 1. The quantitative estimate of drug-likeness (QED) is 0.796. The first-order valence-corrected chi connectivity index (χ1v) is 5.21. The molecule has 0 radical (unpaired) electrons. The van der Waals surface area contributed by atoms with Crippen molar-refractivity contribution in [3.8, 4) is 0 Å². The van der Waals surface area contributed by atoms with Gasteiger partial charge in [0.1, 0.15) is 0 Å². The van der Waals surface area contributed by atoms with Crippen molar-refractivity contribution >= 4 is 0 Å². The van der Waals surface area contributed by atoms with E-state index in [0.717, 1.165) is 12.1 Å². The molecule has 0 aliphatic carbocycles. The van der Waals surface area contributed by atoms with Gasteiger partial charge in [0.25, 0.3) is 0 Å². The maximum Gasteiger partial charge on any atom is 0.0723 e. The second-order valence-electron chi connectivity index (χ2n) is 4.11. The molecule has 1 N–H and O–H groups in total. The van der Waals surface area contributed by atoms with Crippen molar-refractivity contribution in [2.45, 2.75) is 39.2 Å². The highest BCUT2D eigenvalue weighted by Crippen LogP contribution is 2.24. The van der Waals surface area contributed by atoms with Crippen molar-refractivity contribution in [1.29, 1.82) is 0 Å². The molecule has 0 aliphatic heterocycles. The molecule has 0 fully saturated rings. The molecule has 0 aliphatic rings. The number of aromatic nitrogens is 1. The van der Waals surface area contributed by atoms with Crippen molar-refractivity contribution in [2.24, 2.45) is 5.92 Å². The Balaban J connectivity index is 2.76. The van der Waals surface area contributed by atoms with Crippen LogP contribution in [0.5, 0.6) is 0 Å². The lowest BCUT2D eigenvalue weighted by molar-refractivity contribution is -0.00910. The van der Waals surface area contributed by atoms with Gasteiger partial charge in [-0.3, -0.25) is 4.98 Å². The molecule has 1 heterocycles. The van der Waals surface area contributed by atoms with Gasteiger partial charge in [-0.2, -0.15) is 0 Å². The van der Waals surface area contributed by atoms with Gasteiger partial charge in [0.05, 0.1) is 5.60 Å². The maximum absolute atomic E-state index is 10.3. The molecule has 1 unspecified atom stereocenters. The zero-order valence-electron chi connectivity index (χ0n) is 9.20. The molecule has 0 spiro atoms. The zero-order chi connectivity index (χ0) is 10.6. The fourth-order valence-electron chi connectivity index (χ4n) is 1.55. The van der Waals surface area contributed by atoms with Crippen LogP contribution in [0.15, 0.2) is 24.4 Å². The first-order chi connectivity index (χ1) is 6.58. The van der Waals surface area contributed by atoms with E-state index in [1.807, 2.05) is 39.0 Å². The Bertz CT molecular complexity index is 271. The molecule has 0 saturated carbocycles. The summed E-state index contributed by atoms with van der Waals surface area (Å²) in [6.07, 6.45) is 3.18. The van der Waals surface area contributed by atoms with Gasteiger partial charge in [-0.1, -0.05) is 26.8 Å². The van der Waals surface area contributed by atoms with Crippen LogP contribution < -0.4 is 0 Å². The highest BCUT2D eigenvalue weighted by atomic mass is 16.3.